The number of rotatable bonds is 9. The maximum absolute atomic E-state index is 17.0. The average molecular weight is 658 g/mol. The third kappa shape index (κ3) is 6.75. The van der Waals surface area contributed by atoms with Gasteiger partial charge in [0.2, 0.25) is 15.9 Å². The van der Waals surface area contributed by atoms with Gasteiger partial charge in [0.05, 0.1) is 11.5 Å². The lowest BCUT2D eigenvalue weighted by atomic mass is 9.85. The van der Waals surface area contributed by atoms with E-state index in [1.54, 1.807) is 36.4 Å². The number of fused-ring (bicyclic) bond motifs is 1. The molecular weight excluding hydrogens is 620 g/mol. The molecule has 1 aliphatic carbocycles. The molecule has 3 aliphatic rings. The summed E-state index contributed by atoms with van der Waals surface area (Å²) in [6.45, 7) is 1.91. The number of likely N-dealkylation sites (tertiary alicyclic amines) is 1. The van der Waals surface area contributed by atoms with Crippen LogP contribution in [-0.2, 0) is 20.7 Å². The molecule has 3 aromatic carbocycles. The van der Waals surface area contributed by atoms with Crippen molar-refractivity contribution in [1.29, 1.82) is 0 Å². The Bertz CT molecular complexity index is 1630. The molecule has 0 spiro atoms. The van der Waals surface area contributed by atoms with Gasteiger partial charge in [-0.2, -0.15) is 0 Å². The number of ether oxygens (including phenoxy) is 1. The molecule has 0 radical (unpaired) electrons. The van der Waals surface area contributed by atoms with Crippen molar-refractivity contribution in [2.75, 3.05) is 26.2 Å². The minimum absolute atomic E-state index is 0.157. The largest absolute Gasteiger partial charge is 0.493 e. The number of alkyl halides is 2. The fourth-order valence-corrected chi connectivity index (χ4v) is 8.02. The fraction of sp³-hybridized carbons (Fsp3) is 0.441. The first-order chi connectivity index (χ1) is 21.5. The fourth-order valence-electron chi connectivity index (χ4n) is 7.13. The summed E-state index contributed by atoms with van der Waals surface area (Å²) in [5.41, 5.74) is 0.715. The molecule has 3 atom stereocenters. The van der Waals surface area contributed by atoms with Crippen molar-refractivity contribution in [2.45, 2.75) is 61.3 Å². The summed E-state index contributed by atoms with van der Waals surface area (Å²) in [7, 11) is -4.48. The molecule has 3 fully saturated rings. The summed E-state index contributed by atoms with van der Waals surface area (Å²) in [6, 6.07) is 16.4. The van der Waals surface area contributed by atoms with Crippen LogP contribution in [0.4, 0.5) is 8.78 Å². The number of primary sulfonamides is 1. The van der Waals surface area contributed by atoms with Crippen molar-refractivity contribution in [2.24, 2.45) is 17.0 Å². The molecule has 2 heterocycles. The molecule has 3 N–H and O–H groups in total. The smallest absolute Gasteiger partial charge is 0.288 e. The van der Waals surface area contributed by atoms with Crippen LogP contribution in [0.5, 0.6) is 5.75 Å². The maximum atomic E-state index is 17.0. The third-order valence-electron chi connectivity index (χ3n) is 9.59. The SMILES string of the molecule is NS(=O)(=O)c1ccc(OCC2CCCCC2)cc1[C@H](C(=O)N1CC[C@@H]2CNC[C@@H]21)C(F)(F)c1ccc(-c2ccc(Cl)cc2)cc1. The molecule has 0 bridgehead atoms. The van der Waals surface area contributed by atoms with Gasteiger partial charge >= 0.3 is 0 Å². The summed E-state index contributed by atoms with van der Waals surface area (Å²) in [6.07, 6.45) is 6.10. The number of halogens is 3. The molecule has 11 heteroatoms. The van der Waals surface area contributed by atoms with Gasteiger partial charge in [0.1, 0.15) is 11.7 Å². The van der Waals surface area contributed by atoms with E-state index < -0.39 is 38.2 Å². The highest BCUT2D eigenvalue weighted by molar-refractivity contribution is 7.89. The monoisotopic (exact) mass is 657 g/mol. The highest BCUT2D eigenvalue weighted by atomic mass is 35.5. The van der Waals surface area contributed by atoms with Crippen molar-refractivity contribution < 1.29 is 26.7 Å². The van der Waals surface area contributed by atoms with Crippen molar-refractivity contribution in [3.05, 3.63) is 82.9 Å². The molecule has 6 rings (SSSR count). The second-order valence-electron chi connectivity index (χ2n) is 12.5. The zero-order chi connectivity index (χ0) is 31.8. The number of carbonyl (C=O) groups excluding carboxylic acids is 1. The number of benzene rings is 3. The van der Waals surface area contributed by atoms with E-state index in [2.05, 4.69) is 5.32 Å². The lowest BCUT2D eigenvalue weighted by Gasteiger charge is -2.34. The third-order valence-corrected chi connectivity index (χ3v) is 10.8. The molecule has 45 heavy (non-hydrogen) atoms. The lowest BCUT2D eigenvalue weighted by molar-refractivity contribution is -0.145. The summed E-state index contributed by atoms with van der Waals surface area (Å²) in [5.74, 6) is -6.05. The zero-order valence-electron chi connectivity index (χ0n) is 24.9. The highest BCUT2D eigenvalue weighted by Gasteiger charge is 2.53. The molecule has 2 saturated heterocycles. The molecule has 0 aromatic heterocycles. The number of hydrogen-bond donors (Lipinski definition) is 2. The number of hydrogen-bond acceptors (Lipinski definition) is 5. The molecule has 1 saturated carbocycles. The first-order valence-corrected chi connectivity index (χ1v) is 17.5. The number of nitrogens with two attached hydrogens (primary N) is 1. The Morgan fingerprint density at radius 1 is 0.978 bits per heavy atom. The van der Waals surface area contributed by atoms with Crippen LogP contribution < -0.4 is 15.2 Å². The van der Waals surface area contributed by atoms with E-state index in [0.717, 1.165) is 31.2 Å². The van der Waals surface area contributed by atoms with Crippen molar-refractivity contribution in [3.8, 4) is 16.9 Å². The quantitative estimate of drug-likeness (QED) is 0.281. The normalized spacial score (nSPS) is 21.5. The van der Waals surface area contributed by atoms with Crippen LogP contribution in [0.15, 0.2) is 71.6 Å². The lowest BCUT2D eigenvalue weighted by Crippen LogP contribution is -2.46. The minimum Gasteiger partial charge on any atom is -0.493 e. The van der Waals surface area contributed by atoms with Crippen LogP contribution in [0.1, 0.15) is 55.6 Å². The molecule has 2 aliphatic heterocycles. The molecule has 1 amide bonds. The number of amides is 1. The van der Waals surface area contributed by atoms with Gasteiger partial charge in [-0.15, -0.1) is 0 Å². The van der Waals surface area contributed by atoms with Crippen molar-refractivity contribution in [3.63, 3.8) is 0 Å². The van der Waals surface area contributed by atoms with Gasteiger partial charge in [0.15, 0.2) is 0 Å². The van der Waals surface area contributed by atoms with Crippen LogP contribution in [-0.4, -0.2) is 51.5 Å². The van der Waals surface area contributed by atoms with Gasteiger partial charge < -0.3 is 15.0 Å². The van der Waals surface area contributed by atoms with E-state index in [-0.39, 0.29) is 23.3 Å². The van der Waals surface area contributed by atoms with Crippen LogP contribution in [0.2, 0.25) is 5.02 Å². The molecule has 240 valence electrons. The maximum Gasteiger partial charge on any atom is 0.288 e. The van der Waals surface area contributed by atoms with Gasteiger partial charge in [-0.25, -0.2) is 22.3 Å². The Kier molecular flexibility index (Phi) is 9.21. The van der Waals surface area contributed by atoms with E-state index in [1.165, 1.54) is 41.7 Å². The van der Waals surface area contributed by atoms with E-state index in [4.69, 9.17) is 21.5 Å². The Hall–Kier alpha value is -3.05. The number of nitrogens with zero attached hydrogens (tertiary/aromatic N) is 1. The van der Waals surface area contributed by atoms with Gasteiger partial charge in [-0.3, -0.25) is 4.79 Å². The molecule has 7 nitrogen and oxygen atoms in total. The first-order valence-electron chi connectivity index (χ1n) is 15.6. The van der Waals surface area contributed by atoms with Gasteiger partial charge in [0, 0.05) is 36.3 Å². The molecule has 0 unspecified atom stereocenters. The van der Waals surface area contributed by atoms with Crippen LogP contribution in [0.25, 0.3) is 11.1 Å². The van der Waals surface area contributed by atoms with Gasteiger partial charge in [-0.05, 0) is 78.1 Å². The second-order valence-corrected chi connectivity index (χ2v) is 14.5. The van der Waals surface area contributed by atoms with Crippen LogP contribution in [0.3, 0.4) is 0 Å². The van der Waals surface area contributed by atoms with Crippen LogP contribution in [0, 0.1) is 11.8 Å². The molecule has 3 aromatic rings. The van der Waals surface area contributed by atoms with E-state index in [1.807, 2.05) is 0 Å². The second kappa shape index (κ2) is 13.0. The average Bonchev–Trinajstić information content (AvgIpc) is 3.65. The van der Waals surface area contributed by atoms with Crippen LogP contribution >= 0.6 is 11.6 Å². The first kappa shape index (κ1) is 31.9. The summed E-state index contributed by atoms with van der Waals surface area (Å²) >= 11 is 6.01. The Morgan fingerprint density at radius 3 is 2.31 bits per heavy atom. The number of nitrogens with one attached hydrogen (secondary N) is 1. The highest BCUT2D eigenvalue weighted by Crippen LogP contribution is 2.47. The predicted molar refractivity (Wildman–Crippen MR) is 170 cm³/mol. The Morgan fingerprint density at radius 2 is 1.64 bits per heavy atom. The summed E-state index contributed by atoms with van der Waals surface area (Å²) < 4.78 is 65.6. The van der Waals surface area contributed by atoms with Crippen molar-refractivity contribution in [1.82, 2.24) is 10.2 Å². The number of sulfonamides is 1. The van der Waals surface area contributed by atoms with Crippen molar-refractivity contribution >= 4 is 27.5 Å². The van der Waals surface area contributed by atoms with E-state index in [0.29, 0.717) is 49.2 Å². The number of carbonyl (C=O) groups is 1. The predicted octanol–water partition coefficient (Wildman–Crippen LogP) is 6.31. The Labute approximate surface area is 268 Å². The van der Waals surface area contributed by atoms with Gasteiger partial charge in [-0.1, -0.05) is 67.3 Å². The van der Waals surface area contributed by atoms with E-state index in [9.17, 15) is 13.2 Å². The minimum atomic E-state index is -4.48. The topological polar surface area (TPSA) is 102 Å². The standard InChI is InChI=1S/C34H38ClF2N3O4S/c35-27-12-8-24(9-13-27)23-6-10-26(11-7-23)34(36,37)32(33(41)40-17-16-25-19-39-20-30(25)40)29-18-28(14-15-31(29)45(38,42)43)44-21-22-4-2-1-3-5-22/h6-15,18,22,25,30,32,39H,1-5,16-17,19-21H2,(H2,38,42,43)/t25-,30+,32-/m1/s1. The van der Waals surface area contributed by atoms with E-state index >= 15 is 8.78 Å². The molecular formula is C34H38ClF2N3O4S. The van der Waals surface area contributed by atoms with Gasteiger partial charge in [0.25, 0.3) is 5.92 Å². The zero-order valence-corrected chi connectivity index (χ0v) is 26.5. The summed E-state index contributed by atoms with van der Waals surface area (Å²) in [5, 5.41) is 9.40. The Balaban J connectivity index is 1.41. The summed E-state index contributed by atoms with van der Waals surface area (Å²) in [4.78, 5) is 15.3.